The lowest BCUT2D eigenvalue weighted by Gasteiger charge is -2.24. The fourth-order valence-corrected chi connectivity index (χ4v) is 4.16. The zero-order valence-electron chi connectivity index (χ0n) is 13.2. The van der Waals surface area contributed by atoms with Gasteiger partial charge in [-0.3, -0.25) is 9.69 Å². The molecule has 5 nitrogen and oxygen atoms in total. The van der Waals surface area contributed by atoms with Crippen molar-refractivity contribution in [3.63, 3.8) is 0 Å². The zero-order valence-corrected chi connectivity index (χ0v) is 14.0. The first kappa shape index (κ1) is 14.5. The maximum Gasteiger partial charge on any atom is 0.275 e. The van der Waals surface area contributed by atoms with E-state index in [1.54, 1.807) is 6.07 Å². The lowest BCUT2D eigenvalue weighted by atomic mass is 10.1. The van der Waals surface area contributed by atoms with Crippen LogP contribution in [0.2, 0.25) is 0 Å². The molecule has 1 atom stereocenters. The van der Waals surface area contributed by atoms with Crippen molar-refractivity contribution in [3.05, 3.63) is 62.5 Å². The maximum absolute atomic E-state index is 12.2. The number of aromatic nitrogens is 3. The third-order valence-corrected chi connectivity index (χ3v) is 5.27. The molecule has 0 amide bonds. The highest BCUT2D eigenvalue weighted by molar-refractivity contribution is 7.16. The molecule has 0 fully saturated rings. The van der Waals surface area contributed by atoms with E-state index in [9.17, 15) is 4.79 Å². The van der Waals surface area contributed by atoms with Gasteiger partial charge in [0.25, 0.3) is 5.56 Å². The lowest BCUT2D eigenvalue weighted by Crippen LogP contribution is -2.25. The van der Waals surface area contributed by atoms with E-state index in [-0.39, 0.29) is 5.56 Å². The molecular weight excluding hydrogens is 308 g/mol. The van der Waals surface area contributed by atoms with E-state index >= 15 is 0 Å². The predicted octanol–water partition coefficient (Wildman–Crippen LogP) is 2.58. The summed E-state index contributed by atoms with van der Waals surface area (Å²) < 4.78 is 1.38. The summed E-state index contributed by atoms with van der Waals surface area (Å²) in [6.07, 6.45) is 2.24. The van der Waals surface area contributed by atoms with Crippen LogP contribution in [0.15, 0.2) is 35.1 Å². The van der Waals surface area contributed by atoms with Gasteiger partial charge in [-0.05, 0) is 37.9 Å². The van der Waals surface area contributed by atoms with E-state index in [0.29, 0.717) is 17.5 Å². The summed E-state index contributed by atoms with van der Waals surface area (Å²) in [5, 5.41) is 5.04. The monoisotopic (exact) mass is 326 g/mol. The smallest absolute Gasteiger partial charge is 0.275 e. The topological polar surface area (TPSA) is 50.5 Å². The molecule has 6 heteroatoms. The third-order valence-electron chi connectivity index (χ3n) is 4.44. The Bertz CT molecular complexity index is 930. The average molecular weight is 326 g/mol. The molecule has 23 heavy (non-hydrogen) atoms. The first-order valence-corrected chi connectivity index (χ1v) is 8.58. The Morgan fingerprint density at radius 3 is 3.09 bits per heavy atom. The summed E-state index contributed by atoms with van der Waals surface area (Å²) in [4.78, 5) is 19.7. The van der Waals surface area contributed by atoms with Gasteiger partial charge in [-0.15, -0.1) is 0 Å². The first-order chi connectivity index (χ1) is 11.1. The minimum atomic E-state index is -0.102. The quantitative estimate of drug-likeness (QED) is 0.742. The van der Waals surface area contributed by atoms with Crippen molar-refractivity contribution in [2.45, 2.75) is 32.4 Å². The molecule has 0 bridgehead atoms. The summed E-state index contributed by atoms with van der Waals surface area (Å²) in [6, 6.07) is 10.6. The molecule has 2 heterocycles. The van der Waals surface area contributed by atoms with Crippen molar-refractivity contribution >= 4 is 16.3 Å². The third kappa shape index (κ3) is 2.58. The van der Waals surface area contributed by atoms with E-state index in [4.69, 9.17) is 0 Å². The van der Waals surface area contributed by atoms with E-state index in [1.165, 1.54) is 27.0 Å². The van der Waals surface area contributed by atoms with Gasteiger partial charge in [0.1, 0.15) is 5.01 Å². The fourth-order valence-electron chi connectivity index (χ4n) is 3.39. The van der Waals surface area contributed by atoms with Gasteiger partial charge in [-0.2, -0.15) is 9.61 Å². The normalized spacial score (nSPS) is 17.1. The summed E-state index contributed by atoms with van der Waals surface area (Å²) in [6.45, 7) is 2.56. The molecule has 0 spiro atoms. The van der Waals surface area contributed by atoms with E-state index < -0.39 is 0 Å². The molecule has 3 aromatic rings. The zero-order chi connectivity index (χ0) is 16.0. The van der Waals surface area contributed by atoms with Crippen LogP contribution in [0.25, 0.3) is 4.96 Å². The summed E-state index contributed by atoms with van der Waals surface area (Å²) in [7, 11) is 2.11. The number of nitrogens with zero attached hydrogens (tertiary/aromatic N) is 4. The molecule has 0 radical (unpaired) electrons. The van der Waals surface area contributed by atoms with Gasteiger partial charge >= 0.3 is 0 Å². The molecule has 0 unspecified atom stereocenters. The molecule has 0 N–H and O–H groups in total. The molecular formula is C17H18N4OS. The minimum absolute atomic E-state index is 0.102. The van der Waals surface area contributed by atoms with Crippen LogP contribution in [0.4, 0.5) is 0 Å². The molecule has 118 valence electrons. The minimum Gasteiger partial charge on any atom is -0.294 e. The van der Waals surface area contributed by atoms with Crippen LogP contribution in [0.1, 0.15) is 34.3 Å². The number of hydrogen-bond acceptors (Lipinski definition) is 5. The SMILES string of the molecule is Cc1nn2c(=O)cc(CN(C)[C@H]3CCc4ccccc43)nc2s1. The number of hydrogen-bond donors (Lipinski definition) is 0. The van der Waals surface area contributed by atoms with Gasteiger partial charge in [0.15, 0.2) is 0 Å². The second-order valence-electron chi connectivity index (χ2n) is 6.07. The largest absolute Gasteiger partial charge is 0.294 e. The Morgan fingerprint density at radius 2 is 2.22 bits per heavy atom. The summed E-state index contributed by atoms with van der Waals surface area (Å²) in [5.74, 6) is 0. The second kappa shape index (κ2) is 5.54. The molecule has 0 saturated carbocycles. The molecule has 0 aliphatic heterocycles. The lowest BCUT2D eigenvalue weighted by molar-refractivity contribution is 0.233. The standard InChI is InChI=1S/C17H18N4OS/c1-11-19-21-16(22)9-13(18-17(21)23-11)10-20(2)15-8-7-12-5-3-4-6-14(12)15/h3-6,9,15H,7-8,10H2,1-2H3/t15-/m0/s1. The van der Waals surface area contributed by atoms with Crippen molar-refractivity contribution in [3.8, 4) is 0 Å². The number of benzene rings is 1. The van der Waals surface area contributed by atoms with Gasteiger partial charge < -0.3 is 0 Å². The van der Waals surface area contributed by atoms with Crippen LogP contribution in [0, 0.1) is 6.92 Å². The van der Waals surface area contributed by atoms with Crippen molar-refractivity contribution in [1.29, 1.82) is 0 Å². The average Bonchev–Trinajstić information content (AvgIpc) is 3.10. The Hall–Kier alpha value is -2.05. The highest BCUT2D eigenvalue weighted by Crippen LogP contribution is 2.35. The number of fused-ring (bicyclic) bond motifs is 2. The van der Waals surface area contributed by atoms with Crippen LogP contribution in [0.5, 0.6) is 0 Å². The van der Waals surface area contributed by atoms with Crippen molar-refractivity contribution in [2.24, 2.45) is 0 Å². The van der Waals surface area contributed by atoms with Crippen molar-refractivity contribution in [2.75, 3.05) is 7.05 Å². The van der Waals surface area contributed by atoms with Crippen LogP contribution in [0.3, 0.4) is 0 Å². The highest BCUT2D eigenvalue weighted by atomic mass is 32.1. The predicted molar refractivity (Wildman–Crippen MR) is 90.8 cm³/mol. The number of rotatable bonds is 3. The van der Waals surface area contributed by atoms with Crippen molar-refractivity contribution in [1.82, 2.24) is 19.5 Å². The van der Waals surface area contributed by atoms with Gasteiger partial charge in [0, 0.05) is 18.7 Å². The molecule has 1 aliphatic rings. The van der Waals surface area contributed by atoms with Crippen molar-refractivity contribution < 1.29 is 0 Å². The Labute approximate surface area is 138 Å². The van der Waals surface area contributed by atoms with Gasteiger partial charge in [0.2, 0.25) is 4.96 Å². The highest BCUT2D eigenvalue weighted by Gasteiger charge is 2.25. The van der Waals surface area contributed by atoms with E-state index in [2.05, 4.69) is 46.3 Å². The summed E-state index contributed by atoms with van der Waals surface area (Å²) >= 11 is 1.45. The van der Waals surface area contributed by atoms with Crippen LogP contribution in [-0.2, 0) is 13.0 Å². The first-order valence-electron chi connectivity index (χ1n) is 7.76. The van der Waals surface area contributed by atoms with Gasteiger partial charge in [-0.1, -0.05) is 35.6 Å². The molecule has 0 saturated heterocycles. The Kier molecular flexibility index (Phi) is 3.50. The van der Waals surface area contributed by atoms with Crippen LogP contribution in [-0.4, -0.2) is 26.5 Å². The Balaban J connectivity index is 1.62. The molecule has 2 aromatic heterocycles. The molecule has 1 aromatic carbocycles. The molecule has 1 aliphatic carbocycles. The summed E-state index contributed by atoms with van der Waals surface area (Å²) in [5.41, 5.74) is 3.55. The van der Waals surface area contributed by atoms with Crippen LogP contribution < -0.4 is 5.56 Å². The second-order valence-corrected chi connectivity index (χ2v) is 7.23. The fraction of sp³-hybridized carbons (Fsp3) is 0.353. The van der Waals surface area contributed by atoms with Gasteiger partial charge in [0.05, 0.1) is 5.69 Å². The number of aryl methyl sites for hydroxylation is 2. The Morgan fingerprint density at radius 1 is 1.39 bits per heavy atom. The van der Waals surface area contributed by atoms with Crippen LogP contribution >= 0.6 is 11.3 Å². The van der Waals surface area contributed by atoms with E-state index in [1.807, 2.05) is 6.92 Å². The van der Waals surface area contributed by atoms with E-state index in [0.717, 1.165) is 23.5 Å². The maximum atomic E-state index is 12.2. The molecule has 4 rings (SSSR count). The van der Waals surface area contributed by atoms with Gasteiger partial charge in [-0.25, -0.2) is 4.98 Å².